The second kappa shape index (κ2) is 6.72. The summed E-state index contributed by atoms with van der Waals surface area (Å²) in [6, 6.07) is 0.180. The molecule has 2 atom stereocenters. The molecule has 2 aromatic rings. The molecule has 8 heteroatoms. The number of hydrogen-bond acceptors (Lipinski definition) is 5. The SMILES string of the molecule is Cc1oc(-c2cnn(C)c2)nc1C(=O)N1CC(CN)CC1C.Cl. The molecule has 0 radical (unpaired) electrons. The average molecular weight is 340 g/mol. The van der Waals surface area contributed by atoms with Crippen LogP contribution in [0.25, 0.3) is 11.5 Å². The fraction of sp³-hybridized carbons (Fsp3) is 0.533. The van der Waals surface area contributed by atoms with E-state index in [2.05, 4.69) is 10.1 Å². The molecule has 2 unspecified atom stereocenters. The number of halogens is 1. The highest BCUT2D eigenvalue weighted by molar-refractivity contribution is 5.94. The Morgan fingerprint density at radius 3 is 2.83 bits per heavy atom. The molecular weight excluding hydrogens is 318 g/mol. The van der Waals surface area contributed by atoms with Crippen molar-refractivity contribution >= 4 is 18.3 Å². The standard InChI is InChI=1S/C15H21N5O2.ClH/c1-9-4-11(5-16)7-20(9)15(21)13-10(2)22-14(18-13)12-6-17-19(3)8-12;/h6,8-9,11H,4-5,7,16H2,1-3H3;1H. The van der Waals surface area contributed by atoms with Gasteiger partial charge in [-0.2, -0.15) is 5.10 Å². The summed E-state index contributed by atoms with van der Waals surface area (Å²) in [5.74, 6) is 1.24. The number of hydrogen-bond donors (Lipinski definition) is 1. The van der Waals surface area contributed by atoms with Crippen molar-refractivity contribution in [3.63, 3.8) is 0 Å². The minimum absolute atomic E-state index is 0. The van der Waals surface area contributed by atoms with Gasteiger partial charge < -0.3 is 15.1 Å². The highest BCUT2D eigenvalue weighted by Gasteiger charge is 2.34. The van der Waals surface area contributed by atoms with Crippen LogP contribution in [-0.4, -0.2) is 44.7 Å². The van der Waals surface area contributed by atoms with Gasteiger partial charge in [-0.3, -0.25) is 9.48 Å². The average Bonchev–Trinajstić information content (AvgIpc) is 3.17. The number of rotatable bonds is 3. The number of likely N-dealkylation sites (tertiary alicyclic amines) is 1. The van der Waals surface area contributed by atoms with Crippen LogP contribution in [-0.2, 0) is 7.05 Å². The van der Waals surface area contributed by atoms with Gasteiger partial charge in [-0.05, 0) is 32.7 Å². The van der Waals surface area contributed by atoms with E-state index in [0.717, 1.165) is 12.0 Å². The van der Waals surface area contributed by atoms with E-state index in [-0.39, 0.29) is 24.4 Å². The van der Waals surface area contributed by atoms with Crippen LogP contribution in [0, 0.1) is 12.8 Å². The Morgan fingerprint density at radius 2 is 2.26 bits per heavy atom. The van der Waals surface area contributed by atoms with Gasteiger partial charge in [-0.15, -0.1) is 12.4 Å². The summed E-state index contributed by atoms with van der Waals surface area (Å²) in [5.41, 5.74) is 6.87. The van der Waals surface area contributed by atoms with E-state index in [1.54, 1.807) is 17.8 Å². The fourth-order valence-electron chi connectivity index (χ4n) is 2.98. The zero-order valence-electron chi connectivity index (χ0n) is 13.5. The first-order valence-corrected chi connectivity index (χ1v) is 7.47. The van der Waals surface area contributed by atoms with Gasteiger partial charge in [-0.1, -0.05) is 0 Å². The van der Waals surface area contributed by atoms with E-state index in [0.29, 0.717) is 36.4 Å². The lowest BCUT2D eigenvalue weighted by Gasteiger charge is -2.20. The fourth-order valence-corrected chi connectivity index (χ4v) is 2.98. The van der Waals surface area contributed by atoms with E-state index >= 15 is 0 Å². The Labute approximate surface area is 141 Å². The van der Waals surface area contributed by atoms with Gasteiger partial charge >= 0.3 is 0 Å². The van der Waals surface area contributed by atoms with Crippen molar-refractivity contribution in [2.24, 2.45) is 18.7 Å². The molecule has 0 aromatic carbocycles. The number of amides is 1. The zero-order valence-corrected chi connectivity index (χ0v) is 14.3. The van der Waals surface area contributed by atoms with Gasteiger partial charge in [0.25, 0.3) is 5.91 Å². The molecule has 1 aliphatic heterocycles. The molecule has 7 nitrogen and oxygen atoms in total. The molecule has 0 bridgehead atoms. The molecule has 126 valence electrons. The van der Waals surface area contributed by atoms with Crippen LogP contribution in [0.5, 0.6) is 0 Å². The van der Waals surface area contributed by atoms with Crippen molar-refractivity contribution in [3.05, 3.63) is 23.8 Å². The smallest absolute Gasteiger partial charge is 0.276 e. The predicted octanol–water partition coefficient (Wildman–Crippen LogP) is 1.61. The second-order valence-electron chi connectivity index (χ2n) is 5.97. The van der Waals surface area contributed by atoms with E-state index in [4.69, 9.17) is 10.2 Å². The number of carbonyl (C=O) groups is 1. The molecule has 0 aliphatic carbocycles. The van der Waals surface area contributed by atoms with Gasteiger partial charge in [0, 0.05) is 25.8 Å². The van der Waals surface area contributed by atoms with Gasteiger partial charge in [0.2, 0.25) is 5.89 Å². The number of aryl methyl sites for hydroxylation is 2. The van der Waals surface area contributed by atoms with Crippen LogP contribution >= 0.6 is 12.4 Å². The molecule has 23 heavy (non-hydrogen) atoms. The lowest BCUT2D eigenvalue weighted by molar-refractivity contribution is 0.0736. The Bertz CT molecular complexity index is 696. The van der Waals surface area contributed by atoms with E-state index in [9.17, 15) is 4.79 Å². The van der Waals surface area contributed by atoms with Gasteiger partial charge in [-0.25, -0.2) is 4.98 Å². The third-order valence-electron chi connectivity index (χ3n) is 4.21. The largest absolute Gasteiger partial charge is 0.440 e. The van der Waals surface area contributed by atoms with E-state index < -0.39 is 0 Å². The quantitative estimate of drug-likeness (QED) is 0.917. The Hall–Kier alpha value is -1.86. The summed E-state index contributed by atoms with van der Waals surface area (Å²) in [4.78, 5) is 19.0. The minimum atomic E-state index is -0.0835. The maximum atomic E-state index is 12.7. The Morgan fingerprint density at radius 1 is 1.52 bits per heavy atom. The first kappa shape index (κ1) is 17.5. The number of carbonyl (C=O) groups excluding carboxylic acids is 1. The summed E-state index contributed by atoms with van der Waals surface area (Å²) in [6.45, 7) is 5.10. The van der Waals surface area contributed by atoms with Crippen molar-refractivity contribution in [3.8, 4) is 11.5 Å². The third kappa shape index (κ3) is 3.25. The molecule has 3 heterocycles. The monoisotopic (exact) mass is 339 g/mol. The topological polar surface area (TPSA) is 90.2 Å². The number of nitrogens with two attached hydrogens (primary N) is 1. The third-order valence-corrected chi connectivity index (χ3v) is 4.21. The lowest BCUT2D eigenvalue weighted by atomic mass is 10.1. The number of nitrogens with zero attached hydrogens (tertiary/aromatic N) is 4. The normalized spacial score (nSPS) is 20.6. The molecule has 0 spiro atoms. The van der Waals surface area contributed by atoms with Crippen molar-refractivity contribution in [1.82, 2.24) is 19.7 Å². The molecule has 2 aromatic heterocycles. The zero-order chi connectivity index (χ0) is 15.9. The van der Waals surface area contributed by atoms with Crippen LogP contribution in [0.2, 0.25) is 0 Å². The highest BCUT2D eigenvalue weighted by Crippen LogP contribution is 2.27. The van der Waals surface area contributed by atoms with Crippen LogP contribution in [0.3, 0.4) is 0 Å². The summed E-state index contributed by atoms with van der Waals surface area (Å²) in [7, 11) is 1.82. The minimum Gasteiger partial charge on any atom is -0.440 e. The second-order valence-corrected chi connectivity index (χ2v) is 5.97. The summed E-state index contributed by atoms with van der Waals surface area (Å²) in [5, 5.41) is 4.09. The molecule has 0 saturated carbocycles. The molecular formula is C15H22ClN5O2. The predicted molar refractivity (Wildman–Crippen MR) is 88.3 cm³/mol. The molecule has 1 fully saturated rings. The Balaban J connectivity index is 0.00000192. The van der Waals surface area contributed by atoms with Crippen molar-refractivity contribution in [1.29, 1.82) is 0 Å². The molecule has 1 saturated heterocycles. The van der Waals surface area contributed by atoms with E-state index in [1.165, 1.54) is 0 Å². The van der Waals surface area contributed by atoms with Crippen LogP contribution in [0.15, 0.2) is 16.8 Å². The molecule has 1 aliphatic rings. The summed E-state index contributed by atoms with van der Waals surface area (Å²) in [6.07, 6.45) is 4.42. The molecule has 1 amide bonds. The number of oxazole rings is 1. The summed E-state index contributed by atoms with van der Waals surface area (Å²) < 4.78 is 7.32. The van der Waals surface area contributed by atoms with Crippen molar-refractivity contribution in [2.45, 2.75) is 26.3 Å². The van der Waals surface area contributed by atoms with Crippen molar-refractivity contribution in [2.75, 3.05) is 13.1 Å². The first-order valence-electron chi connectivity index (χ1n) is 7.47. The van der Waals surface area contributed by atoms with Gasteiger partial charge in [0.15, 0.2) is 5.69 Å². The van der Waals surface area contributed by atoms with E-state index in [1.807, 2.05) is 25.1 Å². The molecule has 2 N–H and O–H groups in total. The lowest BCUT2D eigenvalue weighted by Crippen LogP contribution is -2.35. The first-order chi connectivity index (χ1) is 10.5. The molecule has 3 rings (SSSR count). The number of aromatic nitrogens is 3. The highest BCUT2D eigenvalue weighted by atomic mass is 35.5. The van der Waals surface area contributed by atoms with Crippen LogP contribution in [0.4, 0.5) is 0 Å². The summed E-state index contributed by atoms with van der Waals surface area (Å²) >= 11 is 0. The van der Waals surface area contributed by atoms with Gasteiger partial charge in [0.05, 0.1) is 11.8 Å². The van der Waals surface area contributed by atoms with Crippen molar-refractivity contribution < 1.29 is 9.21 Å². The maximum Gasteiger partial charge on any atom is 0.276 e. The maximum absolute atomic E-state index is 12.7. The van der Waals surface area contributed by atoms with Crippen LogP contribution < -0.4 is 5.73 Å². The van der Waals surface area contributed by atoms with Crippen LogP contribution in [0.1, 0.15) is 29.6 Å². The Kier molecular flexibility index (Phi) is 5.11. The van der Waals surface area contributed by atoms with Gasteiger partial charge in [0.1, 0.15) is 5.76 Å².